The van der Waals surface area contributed by atoms with Crippen molar-refractivity contribution in [2.24, 2.45) is 0 Å². The predicted molar refractivity (Wildman–Crippen MR) is 157 cm³/mol. The maximum atomic E-state index is 5.23. The molecule has 0 atom stereocenters. The van der Waals surface area contributed by atoms with Crippen molar-refractivity contribution in [2.75, 3.05) is 0 Å². The Labute approximate surface area is 221 Å². The molecule has 3 nitrogen and oxygen atoms in total. The first-order valence-electron chi connectivity index (χ1n) is 12.7. The molecule has 0 saturated carbocycles. The van der Waals surface area contributed by atoms with Gasteiger partial charge in [0.05, 0.1) is 22.4 Å². The number of hydrogen-bond donors (Lipinski definition) is 0. The first-order chi connectivity index (χ1) is 18.8. The molecule has 0 aliphatic rings. The predicted octanol–water partition coefficient (Wildman–Crippen LogP) is 8.85. The van der Waals surface area contributed by atoms with E-state index >= 15 is 0 Å². The molecule has 0 saturated heterocycles. The fourth-order valence-corrected chi connectivity index (χ4v) is 5.04. The Balaban J connectivity index is 1.44. The molecule has 0 bridgehead atoms. The molecule has 178 valence electrons. The van der Waals surface area contributed by atoms with Gasteiger partial charge in [-0.1, -0.05) is 97.1 Å². The normalized spacial score (nSPS) is 11.2. The minimum absolute atomic E-state index is 0.840. The van der Waals surface area contributed by atoms with E-state index in [0.717, 1.165) is 55.4 Å². The van der Waals surface area contributed by atoms with Crippen LogP contribution in [0.4, 0.5) is 0 Å². The highest BCUT2D eigenvalue weighted by Gasteiger charge is 2.15. The summed E-state index contributed by atoms with van der Waals surface area (Å²) in [6.45, 7) is 0. The molecule has 0 fully saturated rings. The summed E-state index contributed by atoms with van der Waals surface area (Å²) in [6.07, 6.45) is 3.76. The van der Waals surface area contributed by atoms with Crippen molar-refractivity contribution in [3.05, 3.63) is 140 Å². The maximum absolute atomic E-state index is 5.23. The van der Waals surface area contributed by atoms with Gasteiger partial charge in [-0.15, -0.1) is 0 Å². The van der Waals surface area contributed by atoms with Crippen molar-refractivity contribution in [1.82, 2.24) is 15.0 Å². The van der Waals surface area contributed by atoms with E-state index in [-0.39, 0.29) is 0 Å². The Hall–Kier alpha value is -5.15. The van der Waals surface area contributed by atoms with Crippen LogP contribution in [-0.2, 0) is 0 Å². The van der Waals surface area contributed by atoms with E-state index in [1.165, 1.54) is 11.1 Å². The molecular formula is C35H23N3. The van der Waals surface area contributed by atoms with E-state index in [1.54, 1.807) is 0 Å². The van der Waals surface area contributed by atoms with Crippen LogP contribution in [0.25, 0.3) is 66.6 Å². The second kappa shape index (κ2) is 9.38. The Bertz CT molecular complexity index is 1900. The first kappa shape index (κ1) is 22.1. The van der Waals surface area contributed by atoms with Crippen molar-refractivity contribution in [3.63, 3.8) is 0 Å². The SMILES string of the molecule is c1ccc(-c2cccc(-c3cc4ccc5cc(-c6ccccc6)cnc5c4nc3-c3ccccn3)c2)cc1. The minimum atomic E-state index is 0.840. The molecule has 3 heterocycles. The average molecular weight is 486 g/mol. The Morgan fingerprint density at radius 1 is 0.421 bits per heavy atom. The van der Waals surface area contributed by atoms with E-state index in [9.17, 15) is 0 Å². The molecule has 38 heavy (non-hydrogen) atoms. The number of hydrogen-bond acceptors (Lipinski definition) is 3. The monoisotopic (exact) mass is 485 g/mol. The van der Waals surface area contributed by atoms with Crippen LogP contribution in [0.2, 0.25) is 0 Å². The Kier molecular flexibility index (Phi) is 5.45. The molecule has 0 amide bonds. The standard InChI is InChI=1S/C35H23N3/c1-3-10-24(11-4-1)26-14-9-15-27(20-26)31-22-29-18-17-28-21-30(25-12-5-2-6-13-25)23-37-33(28)34(29)38-35(31)32-16-7-8-19-36-32/h1-23H. The van der Waals surface area contributed by atoms with Crippen molar-refractivity contribution in [1.29, 1.82) is 0 Å². The lowest BCUT2D eigenvalue weighted by atomic mass is 9.95. The topological polar surface area (TPSA) is 38.7 Å². The van der Waals surface area contributed by atoms with Gasteiger partial charge in [-0.25, -0.2) is 4.98 Å². The smallest absolute Gasteiger partial charge is 0.0973 e. The second-order valence-electron chi connectivity index (χ2n) is 9.35. The van der Waals surface area contributed by atoms with Gasteiger partial charge in [-0.05, 0) is 52.6 Å². The van der Waals surface area contributed by atoms with Gasteiger partial charge in [-0.2, -0.15) is 0 Å². The van der Waals surface area contributed by atoms with Gasteiger partial charge in [0.25, 0.3) is 0 Å². The van der Waals surface area contributed by atoms with Crippen LogP contribution in [0.5, 0.6) is 0 Å². The molecule has 0 spiro atoms. The number of aromatic nitrogens is 3. The maximum Gasteiger partial charge on any atom is 0.0973 e. The first-order valence-corrected chi connectivity index (χ1v) is 12.7. The minimum Gasteiger partial charge on any atom is -0.255 e. The molecule has 0 radical (unpaired) electrons. The van der Waals surface area contributed by atoms with E-state index < -0.39 is 0 Å². The molecule has 4 aromatic carbocycles. The molecule has 3 heteroatoms. The van der Waals surface area contributed by atoms with Crippen molar-refractivity contribution in [2.45, 2.75) is 0 Å². The summed E-state index contributed by atoms with van der Waals surface area (Å²) in [5, 5.41) is 2.12. The molecule has 0 aliphatic carbocycles. The van der Waals surface area contributed by atoms with Gasteiger partial charge in [0.2, 0.25) is 0 Å². The van der Waals surface area contributed by atoms with E-state index in [4.69, 9.17) is 9.97 Å². The van der Waals surface area contributed by atoms with Crippen LogP contribution in [0.15, 0.2) is 140 Å². The summed E-state index contributed by atoms with van der Waals surface area (Å²) in [5.41, 5.74) is 10.2. The third-order valence-electron chi connectivity index (χ3n) is 6.93. The number of nitrogens with zero attached hydrogens (tertiary/aromatic N) is 3. The summed E-state index contributed by atoms with van der Waals surface area (Å²) < 4.78 is 0. The molecule has 7 aromatic rings. The fraction of sp³-hybridized carbons (Fsp3) is 0. The molecular weight excluding hydrogens is 462 g/mol. The van der Waals surface area contributed by atoms with Gasteiger partial charge in [0, 0.05) is 34.3 Å². The molecule has 3 aromatic heterocycles. The highest BCUT2D eigenvalue weighted by atomic mass is 14.8. The Morgan fingerprint density at radius 2 is 1.08 bits per heavy atom. The number of fused-ring (bicyclic) bond motifs is 3. The third kappa shape index (κ3) is 4.00. The second-order valence-corrected chi connectivity index (χ2v) is 9.35. The number of benzene rings is 4. The average Bonchev–Trinajstić information content (AvgIpc) is 3.01. The van der Waals surface area contributed by atoms with Crippen molar-refractivity contribution in [3.8, 4) is 44.8 Å². The molecule has 7 rings (SSSR count). The van der Waals surface area contributed by atoms with Gasteiger partial charge in [-0.3, -0.25) is 9.97 Å². The molecule has 0 N–H and O–H groups in total. The third-order valence-corrected chi connectivity index (χ3v) is 6.93. The lowest BCUT2D eigenvalue weighted by molar-refractivity contribution is 1.27. The van der Waals surface area contributed by atoms with E-state index in [2.05, 4.69) is 102 Å². The highest BCUT2D eigenvalue weighted by Crippen LogP contribution is 2.36. The quantitative estimate of drug-likeness (QED) is 0.234. The number of rotatable bonds is 4. The van der Waals surface area contributed by atoms with Crippen LogP contribution in [-0.4, -0.2) is 15.0 Å². The van der Waals surface area contributed by atoms with Crippen LogP contribution in [0.1, 0.15) is 0 Å². The van der Waals surface area contributed by atoms with Gasteiger partial charge >= 0.3 is 0 Å². The van der Waals surface area contributed by atoms with Gasteiger partial charge in [0.15, 0.2) is 0 Å². The lowest BCUT2D eigenvalue weighted by Gasteiger charge is -2.13. The zero-order valence-electron chi connectivity index (χ0n) is 20.6. The highest BCUT2D eigenvalue weighted by molar-refractivity contribution is 6.06. The van der Waals surface area contributed by atoms with E-state index in [1.807, 2.05) is 42.7 Å². The largest absolute Gasteiger partial charge is 0.255 e. The van der Waals surface area contributed by atoms with Crippen LogP contribution < -0.4 is 0 Å². The summed E-state index contributed by atoms with van der Waals surface area (Å²) in [7, 11) is 0. The number of pyridine rings is 3. The Morgan fingerprint density at radius 3 is 1.82 bits per heavy atom. The van der Waals surface area contributed by atoms with Crippen molar-refractivity contribution >= 4 is 21.8 Å². The van der Waals surface area contributed by atoms with E-state index in [0.29, 0.717) is 0 Å². The zero-order valence-corrected chi connectivity index (χ0v) is 20.6. The molecule has 0 aliphatic heterocycles. The van der Waals surface area contributed by atoms with Crippen molar-refractivity contribution < 1.29 is 0 Å². The summed E-state index contributed by atoms with van der Waals surface area (Å²) in [4.78, 5) is 14.8. The van der Waals surface area contributed by atoms with Crippen LogP contribution >= 0.6 is 0 Å². The summed E-state index contributed by atoms with van der Waals surface area (Å²) >= 11 is 0. The zero-order chi connectivity index (χ0) is 25.3. The van der Waals surface area contributed by atoms with Gasteiger partial charge < -0.3 is 0 Å². The molecule has 0 unspecified atom stereocenters. The lowest BCUT2D eigenvalue weighted by Crippen LogP contribution is -1.95. The fourth-order valence-electron chi connectivity index (χ4n) is 5.04. The van der Waals surface area contributed by atoms with Crippen LogP contribution in [0, 0.1) is 0 Å². The summed E-state index contributed by atoms with van der Waals surface area (Å²) in [5.74, 6) is 0. The summed E-state index contributed by atoms with van der Waals surface area (Å²) in [6, 6.07) is 44.1. The van der Waals surface area contributed by atoms with Gasteiger partial charge in [0.1, 0.15) is 0 Å². The van der Waals surface area contributed by atoms with Crippen LogP contribution in [0.3, 0.4) is 0 Å².